The Hall–Kier alpha value is -0.770. The van der Waals surface area contributed by atoms with Crippen LogP contribution in [-0.2, 0) is 4.74 Å². The van der Waals surface area contributed by atoms with Crippen LogP contribution in [0.3, 0.4) is 0 Å². The van der Waals surface area contributed by atoms with Gasteiger partial charge in [0, 0.05) is 19.1 Å². The molecule has 0 aromatic carbocycles. The molecule has 1 N–H and O–H groups in total. The molecule has 0 aliphatic carbocycles. The molecule has 1 amide bonds. The molecule has 18 heavy (non-hydrogen) atoms. The number of nitrogens with one attached hydrogen (secondary N) is 1. The van der Waals surface area contributed by atoms with Crippen molar-refractivity contribution < 1.29 is 9.53 Å². The van der Waals surface area contributed by atoms with Crippen molar-refractivity contribution in [1.82, 2.24) is 10.2 Å². The minimum absolute atomic E-state index is 0.173. The van der Waals surface area contributed by atoms with E-state index < -0.39 is 5.60 Å². The molecule has 1 saturated heterocycles. The molecule has 4 nitrogen and oxygen atoms in total. The molecule has 1 fully saturated rings. The van der Waals surface area contributed by atoms with Crippen molar-refractivity contribution in [3.63, 3.8) is 0 Å². The summed E-state index contributed by atoms with van der Waals surface area (Å²) in [5, 5.41) is 3.51. The normalized spacial score (nSPS) is 21.6. The van der Waals surface area contributed by atoms with Crippen LogP contribution in [0.4, 0.5) is 4.79 Å². The third-order valence-corrected chi connectivity index (χ3v) is 3.01. The Morgan fingerprint density at radius 3 is 2.72 bits per heavy atom. The molecule has 1 aliphatic rings. The van der Waals surface area contributed by atoms with Crippen molar-refractivity contribution in [2.24, 2.45) is 0 Å². The van der Waals surface area contributed by atoms with Gasteiger partial charge in [-0.25, -0.2) is 4.79 Å². The highest BCUT2D eigenvalue weighted by Gasteiger charge is 2.25. The van der Waals surface area contributed by atoms with Gasteiger partial charge in [0.2, 0.25) is 0 Å². The average molecular weight is 256 g/mol. The van der Waals surface area contributed by atoms with E-state index in [1.54, 1.807) is 0 Å². The topological polar surface area (TPSA) is 41.6 Å². The second kappa shape index (κ2) is 6.98. The summed E-state index contributed by atoms with van der Waals surface area (Å²) in [7, 11) is 0. The SMILES string of the molecule is CCCNC1CCCCN(C(=O)OC(C)(C)C)C1. The first-order valence-electron chi connectivity index (χ1n) is 7.13. The van der Waals surface area contributed by atoms with Gasteiger partial charge in [-0.1, -0.05) is 13.3 Å². The fourth-order valence-electron chi connectivity index (χ4n) is 2.15. The van der Waals surface area contributed by atoms with Gasteiger partial charge in [-0.15, -0.1) is 0 Å². The van der Waals surface area contributed by atoms with Gasteiger partial charge in [-0.05, 0) is 46.6 Å². The van der Waals surface area contributed by atoms with Gasteiger partial charge in [-0.3, -0.25) is 0 Å². The lowest BCUT2D eigenvalue weighted by Gasteiger charge is -2.28. The Kier molecular flexibility index (Phi) is 5.93. The molecular formula is C14H28N2O2. The molecule has 0 radical (unpaired) electrons. The summed E-state index contributed by atoms with van der Waals surface area (Å²) in [6, 6.07) is 0.417. The summed E-state index contributed by atoms with van der Waals surface area (Å²) in [6.07, 6.45) is 4.36. The van der Waals surface area contributed by atoms with Crippen LogP contribution < -0.4 is 5.32 Å². The van der Waals surface area contributed by atoms with E-state index in [0.29, 0.717) is 6.04 Å². The lowest BCUT2D eigenvalue weighted by molar-refractivity contribution is 0.0244. The molecule has 1 atom stereocenters. The smallest absolute Gasteiger partial charge is 0.410 e. The van der Waals surface area contributed by atoms with Crippen LogP contribution in [0.5, 0.6) is 0 Å². The van der Waals surface area contributed by atoms with E-state index in [1.807, 2.05) is 25.7 Å². The van der Waals surface area contributed by atoms with E-state index in [2.05, 4.69) is 12.2 Å². The van der Waals surface area contributed by atoms with Crippen LogP contribution in [0.15, 0.2) is 0 Å². The minimum Gasteiger partial charge on any atom is -0.444 e. The zero-order chi connectivity index (χ0) is 13.6. The first-order valence-corrected chi connectivity index (χ1v) is 7.13. The Morgan fingerprint density at radius 2 is 2.11 bits per heavy atom. The number of nitrogens with zero attached hydrogens (tertiary/aromatic N) is 1. The monoisotopic (exact) mass is 256 g/mol. The Bertz CT molecular complexity index is 261. The van der Waals surface area contributed by atoms with E-state index >= 15 is 0 Å². The summed E-state index contributed by atoms with van der Waals surface area (Å²) in [6.45, 7) is 10.5. The lowest BCUT2D eigenvalue weighted by Crippen LogP contribution is -2.44. The molecule has 106 valence electrons. The van der Waals surface area contributed by atoms with Gasteiger partial charge in [0.15, 0.2) is 0 Å². The number of hydrogen-bond donors (Lipinski definition) is 1. The summed E-state index contributed by atoms with van der Waals surface area (Å²) < 4.78 is 5.44. The fraction of sp³-hybridized carbons (Fsp3) is 0.929. The quantitative estimate of drug-likeness (QED) is 0.844. The maximum absolute atomic E-state index is 12.1. The van der Waals surface area contributed by atoms with E-state index in [9.17, 15) is 4.79 Å². The maximum atomic E-state index is 12.1. The van der Waals surface area contributed by atoms with Gasteiger partial charge in [-0.2, -0.15) is 0 Å². The number of amides is 1. The first kappa shape index (κ1) is 15.3. The predicted octanol–water partition coefficient (Wildman–Crippen LogP) is 2.78. The first-order chi connectivity index (χ1) is 8.42. The van der Waals surface area contributed by atoms with Crippen molar-refractivity contribution in [2.75, 3.05) is 19.6 Å². The molecule has 4 heteroatoms. The van der Waals surface area contributed by atoms with Crippen LogP contribution in [0.2, 0.25) is 0 Å². The van der Waals surface area contributed by atoms with Gasteiger partial charge in [0.1, 0.15) is 5.60 Å². The number of hydrogen-bond acceptors (Lipinski definition) is 3. The summed E-state index contributed by atoms with van der Waals surface area (Å²) in [4.78, 5) is 13.9. The number of carbonyl (C=O) groups excluding carboxylic acids is 1. The van der Waals surface area contributed by atoms with Crippen molar-refractivity contribution in [3.05, 3.63) is 0 Å². The number of ether oxygens (including phenoxy) is 1. The predicted molar refractivity (Wildman–Crippen MR) is 73.7 cm³/mol. The fourth-order valence-corrected chi connectivity index (χ4v) is 2.15. The molecule has 0 aromatic rings. The Morgan fingerprint density at radius 1 is 1.39 bits per heavy atom. The summed E-state index contributed by atoms with van der Waals surface area (Å²) in [5.41, 5.74) is -0.407. The van der Waals surface area contributed by atoms with Crippen LogP contribution in [0.1, 0.15) is 53.4 Å². The van der Waals surface area contributed by atoms with E-state index in [1.165, 1.54) is 6.42 Å². The van der Waals surface area contributed by atoms with Crippen molar-refractivity contribution in [3.8, 4) is 0 Å². The van der Waals surface area contributed by atoms with Crippen LogP contribution in [0.25, 0.3) is 0 Å². The average Bonchev–Trinajstić information content (AvgIpc) is 2.49. The van der Waals surface area contributed by atoms with Crippen LogP contribution in [0, 0.1) is 0 Å². The Labute approximate surface area is 111 Å². The largest absolute Gasteiger partial charge is 0.444 e. The number of likely N-dealkylation sites (tertiary alicyclic amines) is 1. The number of carbonyl (C=O) groups is 1. The maximum Gasteiger partial charge on any atom is 0.410 e. The third kappa shape index (κ3) is 5.71. The van der Waals surface area contributed by atoms with Gasteiger partial charge in [0.05, 0.1) is 0 Å². The standard InChI is InChI=1S/C14H28N2O2/c1-5-9-15-12-8-6-7-10-16(11-12)13(17)18-14(2,3)4/h12,15H,5-11H2,1-4H3. The summed E-state index contributed by atoms with van der Waals surface area (Å²) >= 11 is 0. The van der Waals surface area contributed by atoms with Gasteiger partial charge < -0.3 is 15.0 Å². The molecule has 1 aliphatic heterocycles. The Balaban J connectivity index is 2.50. The molecule has 0 aromatic heterocycles. The molecule has 0 spiro atoms. The molecule has 1 heterocycles. The second-order valence-electron chi connectivity index (χ2n) is 6.07. The van der Waals surface area contributed by atoms with E-state index in [4.69, 9.17) is 4.74 Å². The van der Waals surface area contributed by atoms with E-state index in [0.717, 1.165) is 38.9 Å². The molecule has 1 unspecified atom stereocenters. The molecule has 0 saturated carbocycles. The molecular weight excluding hydrogens is 228 g/mol. The van der Waals surface area contributed by atoms with Crippen molar-refractivity contribution >= 4 is 6.09 Å². The third-order valence-electron chi connectivity index (χ3n) is 3.01. The highest BCUT2D eigenvalue weighted by Crippen LogP contribution is 2.15. The van der Waals surface area contributed by atoms with Crippen LogP contribution in [-0.4, -0.2) is 42.3 Å². The lowest BCUT2D eigenvalue weighted by atomic mass is 10.1. The minimum atomic E-state index is -0.407. The van der Waals surface area contributed by atoms with E-state index in [-0.39, 0.29) is 6.09 Å². The zero-order valence-corrected chi connectivity index (χ0v) is 12.3. The highest BCUT2D eigenvalue weighted by atomic mass is 16.6. The molecule has 0 bridgehead atoms. The van der Waals surface area contributed by atoms with Crippen molar-refractivity contribution in [1.29, 1.82) is 0 Å². The number of rotatable bonds is 3. The second-order valence-corrected chi connectivity index (χ2v) is 6.07. The van der Waals surface area contributed by atoms with Crippen molar-refractivity contribution in [2.45, 2.75) is 65.0 Å². The summed E-state index contributed by atoms with van der Waals surface area (Å²) in [5.74, 6) is 0. The highest BCUT2D eigenvalue weighted by molar-refractivity contribution is 5.68. The molecule has 1 rings (SSSR count). The van der Waals surface area contributed by atoms with Gasteiger partial charge >= 0.3 is 6.09 Å². The van der Waals surface area contributed by atoms with Gasteiger partial charge in [0.25, 0.3) is 0 Å². The van der Waals surface area contributed by atoms with Crippen LogP contribution >= 0.6 is 0 Å². The zero-order valence-electron chi connectivity index (χ0n) is 12.3.